The predicted molar refractivity (Wildman–Crippen MR) is 40.0 cm³/mol. The van der Waals surface area contributed by atoms with E-state index in [1.54, 1.807) is 0 Å². The smallest absolute Gasteiger partial charge is 0.102 e. The molecule has 0 aliphatic heterocycles. The molecule has 10 heavy (non-hydrogen) atoms. The summed E-state index contributed by atoms with van der Waals surface area (Å²) in [4.78, 5) is 0. The Balaban J connectivity index is 3.34. The molecule has 0 unspecified atom stereocenters. The zero-order valence-electron chi connectivity index (χ0n) is 4.86. The first-order valence-electron chi connectivity index (χ1n) is 2.51. The molecule has 0 aliphatic carbocycles. The lowest BCUT2D eigenvalue weighted by Gasteiger charge is -1.93. The molecule has 0 aliphatic rings. The molecule has 0 fully saturated rings. The highest BCUT2D eigenvalue weighted by molar-refractivity contribution is 6.36. The number of rotatable bonds is 0. The molecule has 0 aromatic heterocycles. The van der Waals surface area contributed by atoms with Gasteiger partial charge in [-0.3, -0.25) is 0 Å². The highest BCUT2D eigenvalue weighted by atomic mass is 35.5. The Bertz CT molecular complexity index is 268. The third kappa shape index (κ3) is 1.23. The monoisotopic (exact) mass is 170 g/mol. The average molecular weight is 171 g/mol. The normalized spacial score (nSPS) is 8.90. The summed E-state index contributed by atoms with van der Waals surface area (Å²) < 4.78 is 0. The average Bonchev–Trinajstić information content (AvgIpc) is 1.88. The topological polar surface area (TPSA) is 23.8 Å². The van der Waals surface area contributed by atoms with Crippen molar-refractivity contribution in [1.82, 2.24) is 0 Å². The van der Waals surface area contributed by atoms with E-state index in [0.29, 0.717) is 15.6 Å². The molecular weight excluding hydrogens is 169 g/mol. The molecule has 1 rings (SSSR count). The van der Waals surface area contributed by atoms with Crippen LogP contribution in [0.2, 0.25) is 10.0 Å². The molecule has 0 bridgehead atoms. The van der Waals surface area contributed by atoms with Crippen LogP contribution in [0.1, 0.15) is 5.56 Å². The van der Waals surface area contributed by atoms with Gasteiger partial charge < -0.3 is 0 Å². The van der Waals surface area contributed by atoms with Crippen LogP contribution in [0.4, 0.5) is 0 Å². The molecule has 0 heterocycles. The molecule has 0 N–H and O–H groups in total. The van der Waals surface area contributed by atoms with Crippen LogP contribution >= 0.6 is 23.2 Å². The van der Waals surface area contributed by atoms with Gasteiger partial charge in [0.25, 0.3) is 0 Å². The van der Waals surface area contributed by atoms with Crippen LogP contribution in [0.15, 0.2) is 12.1 Å². The quantitative estimate of drug-likeness (QED) is 0.588. The zero-order chi connectivity index (χ0) is 7.56. The summed E-state index contributed by atoms with van der Waals surface area (Å²) in [5.74, 6) is 0. The van der Waals surface area contributed by atoms with Crippen molar-refractivity contribution in [3.8, 4) is 6.07 Å². The molecule has 1 nitrogen and oxygen atoms in total. The van der Waals surface area contributed by atoms with E-state index in [9.17, 15) is 0 Å². The molecule has 0 saturated heterocycles. The maximum absolute atomic E-state index is 8.47. The first kappa shape index (κ1) is 7.40. The lowest BCUT2D eigenvalue weighted by Crippen LogP contribution is -1.77. The van der Waals surface area contributed by atoms with Crippen molar-refractivity contribution >= 4 is 23.2 Å². The van der Waals surface area contributed by atoms with Gasteiger partial charge >= 0.3 is 0 Å². The van der Waals surface area contributed by atoms with Crippen LogP contribution in [0.3, 0.4) is 0 Å². The molecule has 0 saturated carbocycles. The summed E-state index contributed by atoms with van der Waals surface area (Å²) in [6.45, 7) is 0. The third-order valence-corrected chi connectivity index (χ3v) is 1.61. The predicted octanol–water partition coefficient (Wildman–Crippen LogP) is 2.67. The second-order valence-electron chi connectivity index (χ2n) is 1.64. The first-order chi connectivity index (χ1) is 4.75. The van der Waals surface area contributed by atoms with E-state index in [1.165, 1.54) is 12.1 Å². The van der Waals surface area contributed by atoms with Crippen molar-refractivity contribution in [3.63, 3.8) is 0 Å². The van der Waals surface area contributed by atoms with E-state index in [1.807, 2.05) is 6.07 Å². The number of benzene rings is 1. The maximum Gasteiger partial charge on any atom is 0.102 e. The van der Waals surface area contributed by atoms with Gasteiger partial charge in [-0.25, -0.2) is 0 Å². The number of halogens is 2. The number of nitriles is 1. The highest BCUT2D eigenvalue weighted by Gasteiger charge is 2.01. The van der Waals surface area contributed by atoms with Gasteiger partial charge in [-0.1, -0.05) is 23.2 Å². The van der Waals surface area contributed by atoms with Crippen molar-refractivity contribution in [2.24, 2.45) is 0 Å². The Morgan fingerprint density at radius 2 is 1.80 bits per heavy atom. The molecule has 1 aromatic carbocycles. The first-order valence-corrected chi connectivity index (χ1v) is 3.26. The second-order valence-corrected chi connectivity index (χ2v) is 2.45. The Morgan fingerprint density at radius 3 is 2.10 bits per heavy atom. The molecule has 3 heteroatoms. The molecule has 1 aromatic rings. The SMILES string of the molecule is N#Cc1c(Cl)c[c]cc1Cl. The second kappa shape index (κ2) is 2.92. The van der Waals surface area contributed by atoms with Crippen molar-refractivity contribution in [2.75, 3.05) is 0 Å². The zero-order valence-corrected chi connectivity index (χ0v) is 6.37. The van der Waals surface area contributed by atoms with Crippen LogP contribution in [0.5, 0.6) is 0 Å². The number of hydrogen-bond acceptors (Lipinski definition) is 1. The van der Waals surface area contributed by atoms with Gasteiger partial charge in [0.05, 0.1) is 15.6 Å². The van der Waals surface area contributed by atoms with Crippen molar-refractivity contribution in [3.05, 3.63) is 33.8 Å². The summed E-state index contributed by atoms with van der Waals surface area (Å²) in [7, 11) is 0. The van der Waals surface area contributed by atoms with E-state index >= 15 is 0 Å². The van der Waals surface area contributed by atoms with Crippen LogP contribution in [-0.2, 0) is 0 Å². The molecule has 49 valence electrons. The summed E-state index contributed by atoms with van der Waals surface area (Å²) in [5, 5.41) is 9.15. The minimum atomic E-state index is 0.307. The van der Waals surface area contributed by atoms with Crippen LogP contribution in [0.25, 0.3) is 0 Å². The maximum atomic E-state index is 8.47. The fourth-order valence-electron chi connectivity index (χ4n) is 0.553. The van der Waals surface area contributed by atoms with Gasteiger partial charge in [0.15, 0.2) is 0 Å². The van der Waals surface area contributed by atoms with Crippen molar-refractivity contribution in [1.29, 1.82) is 5.26 Å². The van der Waals surface area contributed by atoms with E-state index in [0.717, 1.165) is 0 Å². The van der Waals surface area contributed by atoms with Crippen LogP contribution < -0.4 is 0 Å². The van der Waals surface area contributed by atoms with E-state index in [4.69, 9.17) is 28.5 Å². The Kier molecular flexibility index (Phi) is 2.16. The van der Waals surface area contributed by atoms with Crippen molar-refractivity contribution < 1.29 is 0 Å². The van der Waals surface area contributed by atoms with E-state index in [2.05, 4.69) is 6.07 Å². The number of nitrogens with zero attached hydrogens (tertiary/aromatic N) is 1. The van der Waals surface area contributed by atoms with Crippen LogP contribution in [-0.4, -0.2) is 0 Å². The fourth-order valence-corrected chi connectivity index (χ4v) is 1.02. The van der Waals surface area contributed by atoms with Gasteiger partial charge in [-0.05, 0) is 18.2 Å². The summed E-state index contributed by atoms with van der Waals surface area (Å²) in [5.41, 5.74) is 0.307. The van der Waals surface area contributed by atoms with Crippen molar-refractivity contribution in [2.45, 2.75) is 0 Å². The lowest BCUT2D eigenvalue weighted by molar-refractivity contribution is 1.48. The summed E-state index contributed by atoms with van der Waals surface area (Å²) in [6.07, 6.45) is 0. The van der Waals surface area contributed by atoms with Gasteiger partial charge in [0, 0.05) is 0 Å². The van der Waals surface area contributed by atoms with Gasteiger partial charge in [-0.15, -0.1) is 0 Å². The minimum Gasteiger partial charge on any atom is -0.192 e. The molecule has 0 spiro atoms. The van der Waals surface area contributed by atoms with Gasteiger partial charge in [-0.2, -0.15) is 5.26 Å². The standard InChI is InChI=1S/C7H2Cl2N/c8-6-2-1-3-7(9)5(6)4-10/h2-3H. The minimum absolute atomic E-state index is 0.307. The fraction of sp³-hybridized carbons (Fsp3) is 0. The summed E-state index contributed by atoms with van der Waals surface area (Å²) >= 11 is 11.2. The Hall–Kier alpha value is -0.710. The Labute approximate surface area is 68.8 Å². The third-order valence-electron chi connectivity index (χ3n) is 1.01. The number of hydrogen-bond donors (Lipinski definition) is 0. The van der Waals surface area contributed by atoms with Crippen LogP contribution in [0, 0.1) is 17.4 Å². The highest BCUT2D eigenvalue weighted by Crippen LogP contribution is 2.22. The molecule has 1 radical (unpaired) electrons. The molecular formula is C7H2Cl2N. The lowest BCUT2D eigenvalue weighted by atomic mass is 10.2. The van der Waals surface area contributed by atoms with Gasteiger partial charge in [0.1, 0.15) is 6.07 Å². The summed E-state index contributed by atoms with van der Waals surface area (Å²) in [6, 6.07) is 7.58. The Morgan fingerprint density at radius 1 is 1.30 bits per heavy atom. The molecule has 0 atom stereocenters. The molecule has 0 amide bonds. The van der Waals surface area contributed by atoms with Gasteiger partial charge in [0.2, 0.25) is 0 Å². The largest absolute Gasteiger partial charge is 0.192 e. The van der Waals surface area contributed by atoms with E-state index < -0.39 is 0 Å². The van der Waals surface area contributed by atoms with E-state index in [-0.39, 0.29) is 0 Å².